The molecule has 0 aromatic carbocycles. The van der Waals surface area contributed by atoms with E-state index in [1.165, 1.54) is 64.2 Å². The Morgan fingerprint density at radius 3 is 1.74 bits per heavy atom. The van der Waals surface area contributed by atoms with Crippen molar-refractivity contribution in [3.8, 4) is 0 Å². The number of amides is 1. The minimum atomic E-state index is 0. The molecule has 0 atom stereocenters. The molecule has 0 radical (unpaired) electrons. The number of guanidine groups is 1. The van der Waals surface area contributed by atoms with Gasteiger partial charge in [0, 0.05) is 26.2 Å². The van der Waals surface area contributed by atoms with Crippen molar-refractivity contribution in [2.45, 2.75) is 76.3 Å². The van der Waals surface area contributed by atoms with E-state index in [4.69, 9.17) is 0 Å². The maximum absolute atomic E-state index is 11.8. The second-order valence-electron chi connectivity index (χ2n) is 6.91. The van der Waals surface area contributed by atoms with E-state index in [1.54, 1.807) is 19.0 Å². The van der Waals surface area contributed by atoms with Crippen molar-refractivity contribution in [1.29, 1.82) is 0 Å². The number of carbonyl (C=O) groups is 1. The quantitative estimate of drug-likeness (QED) is 0.405. The number of hydrogen-bond acceptors (Lipinski definition) is 2. The van der Waals surface area contributed by atoms with E-state index in [1.807, 2.05) is 0 Å². The molecule has 0 aromatic heterocycles. The van der Waals surface area contributed by atoms with Gasteiger partial charge in [0.15, 0.2) is 5.96 Å². The molecule has 2 aliphatic rings. The number of nitrogens with one attached hydrogen (secondary N) is 2. The van der Waals surface area contributed by atoms with Crippen LogP contribution in [0.15, 0.2) is 4.99 Å². The standard InChI is InChI=1S/C17H32N4O.HI/c1-21(2)16(22)13-18-17(19-14-9-5-3-6-10-14)20-15-11-7-4-8-12-15;/h14-15H,3-13H2,1-2H3,(H2,18,19,20);1H. The third-order valence-corrected chi connectivity index (χ3v) is 4.76. The van der Waals surface area contributed by atoms with Gasteiger partial charge in [-0.15, -0.1) is 24.0 Å². The van der Waals surface area contributed by atoms with Gasteiger partial charge in [-0.05, 0) is 25.7 Å². The Kier molecular flexibility index (Phi) is 9.90. The van der Waals surface area contributed by atoms with Crippen LogP contribution < -0.4 is 10.6 Å². The molecule has 0 saturated heterocycles. The highest BCUT2D eigenvalue weighted by Gasteiger charge is 2.19. The summed E-state index contributed by atoms with van der Waals surface area (Å²) >= 11 is 0. The summed E-state index contributed by atoms with van der Waals surface area (Å²) < 4.78 is 0. The molecular formula is C17H33IN4O. The van der Waals surface area contributed by atoms with Crippen LogP contribution in [0, 0.1) is 0 Å². The summed E-state index contributed by atoms with van der Waals surface area (Å²) in [6.07, 6.45) is 12.7. The predicted octanol–water partition coefficient (Wildman–Crippen LogP) is 2.89. The smallest absolute Gasteiger partial charge is 0.243 e. The third-order valence-electron chi connectivity index (χ3n) is 4.76. The molecule has 0 spiro atoms. The van der Waals surface area contributed by atoms with Crippen molar-refractivity contribution < 1.29 is 4.79 Å². The Morgan fingerprint density at radius 1 is 0.913 bits per heavy atom. The lowest BCUT2D eigenvalue weighted by molar-refractivity contribution is -0.127. The summed E-state index contributed by atoms with van der Waals surface area (Å²) in [5, 5.41) is 7.13. The molecule has 23 heavy (non-hydrogen) atoms. The van der Waals surface area contributed by atoms with Crippen molar-refractivity contribution in [2.75, 3.05) is 20.6 Å². The van der Waals surface area contributed by atoms with Crippen LogP contribution in [0.5, 0.6) is 0 Å². The first kappa shape index (κ1) is 20.5. The lowest BCUT2D eigenvalue weighted by Crippen LogP contribution is -2.48. The fraction of sp³-hybridized carbons (Fsp3) is 0.882. The summed E-state index contributed by atoms with van der Waals surface area (Å²) in [6, 6.07) is 1.02. The zero-order chi connectivity index (χ0) is 15.8. The molecule has 0 unspecified atom stereocenters. The molecule has 2 aliphatic carbocycles. The molecule has 2 fully saturated rings. The highest BCUT2D eigenvalue weighted by Crippen LogP contribution is 2.19. The minimum Gasteiger partial charge on any atom is -0.354 e. The lowest BCUT2D eigenvalue weighted by atomic mass is 9.95. The largest absolute Gasteiger partial charge is 0.354 e. The van der Waals surface area contributed by atoms with E-state index < -0.39 is 0 Å². The number of carbonyl (C=O) groups excluding carboxylic acids is 1. The maximum Gasteiger partial charge on any atom is 0.243 e. The predicted molar refractivity (Wildman–Crippen MR) is 106 cm³/mol. The molecule has 134 valence electrons. The van der Waals surface area contributed by atoms with Crippen molar-refractivity contribution >= 4 is 35.8 Å². The number of likely N-dealkylation sites (N-methyl/N-ethyl adjacent to an activating group) is 1. The van der Waals surface area contributed by atoms with E-state index in [0.717, 1.165) is 5.96 Å². The number of rotatable bonds is 4. The van der Waals surface area contributed by atoms with Gasteiger partial charge in [-0.1, -0.05) is 38.5 Å². The SMILES string of the molecule is CN(C)C(=O)CN=C(NC1CCCCC1)NC1CCCCC1.I. The Morgan fingerprint density at radius 2 is 1.35 bits per heavy atom. The number of halogens is 1. The normalized spacial score (nSPS) is 19.4. The fourth-order valence-electron chi connectivity index (χ4n) is 3.30. The van der Waals surface area contributed by atoms with Crippen molar-refractivity contribution in [1.82, 2.24) is 15.5 Å². The summed E-state index contributed by atoms with van der Waals surface area (Å²) in [5.41, 5.74) is 0. The Balaban J connectivity index is 0.00000264. The summed E-state index contributed by atoms with van der Waals surface area (Å²) in [6.45, 7) is 0.224. The van der Waals surface area contributed by atoms with Crippen LogP contribution in [0.2, 0.25) is 0 Å². The molecule has 0 bridgehead atoms. The minimum absolute atomic E-state index is 0. The molecule has 0 aromatic rings. The second-order valence-corrected chi connectivity index (χ2v) is 6.91. The molecule has 2 rings (SSSR count). The summed E-state index contributed by atoms with van der Waals surface area (Å²) in [4.78, 5) is 17.9. The molecule has 5 nitrogen and oxygen atoms in total. The van der Waals surface area contributed by atoms with Crippen LogP contribution in [-0.2, 0) is 4.79 Å². The average molecular weight is 436 g/mol. The van der Waals surface area contributed by atoms with Crippen LogP contribution in [0.25, 0.3) is 0 Å². The zero-order valence-corrected chi connectivity index (χ0v) is 17.0. The maximum atomic E-state index is 11.8. The van der Waals surface area contributed by atoms with Gasteiger partial charge < -0.3 is 15.5 Å². The molecular weight excluding hydrogens is 403 g/mol. The molecule has 0 heterocycles. The molecule has 1 amide bonds. The van der Waals surface area contributed by atoms with E-state index in [0.29, 0.717) is 12.1 Å². The first-order valence-electron chi connectivity index (χ1n) is 8.93. The van der Waals surface area contributed by atoms with Crippen LogP contribution >= 0.6 is 24.0 Å². The van der Waals surface area contributed by atoms with E-state index in [2.05, 4.69) is 15.6 Å². The van der Waals surface area contributed by atoms with Gasteiger partial charge in [0.1, 0.15) is 6.54 Å². The third kappa shape index (κ3) is 7.72. The second kappa shape index (κ2) is 11.1. The molecule has 2 N–H and O–H groups in total. The fourth-order valence-corrected chi connectivity index (χ4v) is 3.30. The van der Waals surface area contributed by atoms with E-state index in [9.17, 15) is 4.79 Å². The Hall–Kier alpha value is -0.530. The Labute approximate surface area is 158 Å². The van der Waals surface area contributed by atoms with Gasteiger partial charge in [0.2, 0.25) is 5.91 Å². The van der Waals surface area contributed by atoms with Gasteiger partial charge in [0.25, 0.3) is 0 Å². The van der Waals surface area contributed by atoms with E-state index in [-0.39, 0.29) is 36.4 Å². The van der Waals surface area contributed by atoms with Gasteiger partial charge in [0.05, 0.1) is 0 Å². The summed E-state index contributed by atoms with van der Waals surface area (Å²) in [5.74, 6) is 0.891. The van der Waals surface area contributed by atoms with Crippen LogP contribution in [-0.4, -0.2) is 49.5 Å². The summed E-state index contributed by atoms with van der Waals surface area (Å²) in [7, 11) is 3.56. The van der Waals surface area contributed by atoms with Gasteiger partial charge in [-0.3, -0.25) is 4.79 Å². The number of hydrogen-bond donors (Lipinski definition) is 2. The van der Waals surface area contributed by atoms with Crippen molar-refractivity contribution in [2.24, 2.45) is 4.99 Å². The lowest BCUT2D eigenvalue weighted by Gasteiger charge is -2.29. The van der Waals surface area contributed by atoms with Crippen molar-refractivity contribution in [3.63, 3.8) is 0 Å². The average Bonchev–Trinajstić information content (AvgIpc) is 2.54. The zero-order valence-electron chi connectivity index (χ0n) is 14.6. The Bertz CT molecular complexity index is 353. The highest BCUT2D eigenvalue weighted by molar-refractivity contribution is 14.0. The van der Waals surface area contributed by atoms with Crippen molar-refractivity contribution in [3.05, 3.63) is 0 Å². The van der Waals surface area contributed by atoms with Gasteiger partial charge >= 0.3 is 0 Å². The molecule has 6 heteroatoms. The number of aliphatic imine (C=N–C) groups is 1. The molecule has 0 aliphatic heterocycles. The van der Waals surface area contributed by atoms with Crippen LogP contribution in [0.1, 0.15) is 64.2 Å². The van der Waals surface area contributed by atoms with E-state index >= 15 is 0 Å². The number of nitrogens with zero attached hydrogens (tertiary/aromatic N) is 2. The van der Waals surface area contributed by atoms with Gasteiger partial charge in [-0.2, -0.15) is 0 Å². The van der Waals surface area contributed by atoms with Crippen LogP contribution in [0.4, 0.5) is 0 Å². The van der Waals surface area contributed by atoms with Crippen LogP contribution in [0.3, 0.4) is 0 Å². The first-order chi connectivity index (χ1) is 10.6. The topological polar surface area (TPSA) is 56.7 Å². The first-order valence-corrected chi connectivity index (χ1v) is 8.93. The van der Waals surface area contributed by atoms with Gasteiger partial charge in [-0.25, -0.2) is 4.99 Å². The highest BCUT2D eigenvalue weighted by atomic mass is 127. The molecule has 2 saturated carbocycles. The monoisotopic (exact) mass is 436 g/mol.